The van der Waals surface area contributed by atoms with Crippen LogP contribution in [0.2, 0.25) is 0 Å². The SMILES string of the molecule is c1ccc(-c2ccc3ccc4c(c3n2)OCNC4)cc1. The van der Waals surface area contributed by atoms with Gasteiger partial charge in [0, 0.05) is 23.1 Å². The number of benzene rings is 2. The highest BCUT2D eigenvalue weighted by atomic mass is 16.5. The Hall–Kier alpha value is -2.39. The minimum atomic E-state index is 0.545. The van der Waals surface area contributed by atoms with Crippen LogP contribution in [0.25, 0.3) is 22.2 Å². The van der Waals surface area contributed by atoms with Crippen LogP contribution in [0.4, 0.5) is 0 Å². The molecule has 0 atom stereocenters. The number of hydrogen-bond donors (Lipinski definition) is 1. The van der Waals surface area contributed by atoms with Gasteiger partial charge in [0.1, 0.15) is 12.2 Å². The summed E-state index contributed by atoms with van der Waals surface area (Å²) in [6.45, 7) is 1.38. The normalized spacial score (nSPS) is 13.8. The molecule has 0 saturated heterocycles. The molecule has 2 heterocycles. The largest absolute Gasteiger partial charge is 0.476 e. The first-order valence-electron chi connectivity index (χ1n) is 6.73. The van der Waals surface area contributed by atoms with Gasteiger partial charge in [-0.05, 0) is 6.07 Å². The van der Waals surface area contributed by atoms with E-state index in [9.17, 15) is 0 Å². The molecule has 3 heteroatoms. The predicted molar refractivity (Wildman–Crippen MR) is 79.5 cm³/mol. The topological polar surface area (TPSA) is 34.1 Å². The molecule has 1 N–H and O–H groups in total. The summed E-state index contributed by atoms with van der Waals surface area (Å²) in [6, 6.07) is 18.6. The molecule has 0 radical (unpaired) electrons. The molecule has 0 aliphatic carbocycles. The number of aromatic nitrogens is 1. The summed E-state index contributed by atoms with van der Waals surface area (Å²) in [5.74, 6) is 0.916. The first-order chi connectivity index (χ1) is 9.92. The molecule has 0 spiro atoms. The zero-order valence-corrected chi connectivity index (χ0v) is 11.0. The Morgan fingerprint density at radius 2 is 1.80 bits per heavy atom. The molecular weight excluding hydrogens is 248 g/mol. The fraction of sp³-hybridized carbons (Fsp3) is 0.118. The zero-order valence-electron chi connectivity index (χ0n) is 11.0. The van der Waals surface area contributed by atoms with Gasteiger partial charge in [-0.15, -0.1) is 0 Å². The van der Waals surface area contributed by atoms with Gasteiger partial charge in [0.2, 0.25) is 0 Å². The highest BCUT2D eigenvalue weighted by Gasteiger charge is 2.14. The summed E-state index contributed by atoms with van der Waals surface area (Å²) in [5, 5.41) is 4.32. The van der Waals surface area contributed by atoms with E-state index in [2.05, 4.69) is 41.7 Å². The van der Waals surface area contributed by atoms with E-state index in [4.69, 9.17) is 9.72 Å². The molecule has 4 rings (SSSR count). The molecule has 3 aromatic rings. The quantitative estimate of drug-likeness (QED) is 0.730. The Labute approximate surface area is 117 Å². The van der Waals surface area contributed by atoms with Gasteiger partial charge in [-0.25, -0.2) is 4.98 Å². The van der Waals surface area contributed by atoms with Crippen molar-refractivity contribution in [2.45, 2.75) is 6.54 Å². The van der Waals surface area contributed by atoms with Crippen molar-refractivity contribution in [1.29, 1.82) is 0 Å². The van der Waals surface area contributed by atoms with Gasteiger partial charge in [-0.2, -0.15) is 0 Å². The summed E-state index contributed by atoms with van der Waals surface area (Å²) < 4.78 is 5.75. The monoisotopic (exact) mass is 262 g/mol. The van der Waals surface area contributed by atoms with Crippen LogP contribution in [0.15, 0.2) is 54.6 Å². The van der Waals surface area contributed by atoms with Crippen molar-refractivity contribution in [1.82, 2.24) is 10.3 Å². The molecule has 0 saturated carbocycles. The second-order valence-corrected chi connectivity index (χ2v) is 4.90. The van der Waals surface area contributed by atoms with Crippen molar-refractivity contribution in [3.05, 3.63) is 60.2 Å². The summed E-state index contributed by atoms with van der Waals surface area (Å²) in [6.07, 6.45) is 0. The zero-order chi connectivity index (χ0) is 13.4. The summed E-state index contributed by atoms with van der Waals surface area (Å²) >= 11 is 0. The second kappa shape index (κ2) is 4.62. The Morgan fingerprint density at radius 1 is 0.950 bits per heavy atom. The maximum atomic E-state index is 5.75. The van der Waals surface area contributed by atoms with E-state index in [1.807, 2.05) is 18.2 Å². The highest BCUT2D eigenvalue weighted by molar-refractivity contribution is 5.88. The van der Waals surface area contributed by atoms with Crippen molar-refractivity contribution < 1.29 is 4.74 Å². The molecule has 0 amide bonds. The molecule has 1 aliphatic rings. The minimum absolute atomic E-state index is 0.545. The van der Waals surface area contributed by atoms with Gasteiger partial charge in [0.05, 0.1) is 5.69 Å². The lowest BCUT2D eigenvalue weighted by molar-refractivity contribution is 0.260. The lowest BCUT2D eigenvalue weighted by Crippen LogP contribution is -2.25. The third kappa shape index (κ3) is 1.84. The van der Waals surface area contributed by atoms with Gasteiger partial charge in [0.15, 0.2) is 5.75 Å². The standard InChI is InChI=1S/C17H14N2O/c1-2-4-12(5-3-1)15-9-8-13-6-7-14-10-18-11-20-17(14)16(13)19-15/h1-9,18H,10-11H2. The highest BCUT2D eigenvalue weighted by Crippen LogP contribution is 2.32. The molecule has 0 unspecified atom stereocenters. The van der Waals surface area contributed by atoms with Crippen LogP contribution in [-0.4, -0.2) is 11.7 Å². The lowest BCUT2D eigenvalue weighted by atomic mass is 10.1. The van der Waals surface area contributed by atoms with Crippen molar-refractivity contribution in [2.24, 2.45) is 0 Å². The average Bonchev–Trinajstić information content (AvgIpc) is 2.55. The average molecular weight is 262 g/mol. The molecule has 1 aliphatic heterocycles. The van der Waals surface area contributed by atoms with E-state index >= 15 is 0 Å². The number of ether oxygens (including phenoxy) is 1. The number of pyridine rings is 1. The second-order valence-electron chi connectivity index (χ2n) is 4.90. The van der Waals surface area contributed by atoms with Gasteiger partial charge >= 0.3 is 0 Å². The van der Waals surface area contributed by atoms with Crippen molar-refractivity contribution >= 4 is 10.9 Å². The Kier molecular flexibility index (Phi) is 2.64. The van der Waals surface area contributed by atoms with E-state index < -0.39 is 0 Å². The van der Waals surface area contributed by atoms with Crippen LogP contribution < -0.4 is 10.1 Å². The Balaban J connectivity index is 1.94. The third-order valence-corrected chi connectivity index (χ3v) is 3.60. The first-order valence-corrected chi connectivity index (χ1v) is 6.73. The maximum Gasteiger partial charge on any atom is 0.152 e. The lowest BCUT2D eigenvalue weighted by Gasteiger charge is -2.19. The fourth-order valence-corrected chi connectivity index (χ4v) is 2.58. The van der Waals surface area contributed by atoms with Gasteiger partial charge in [-0.1, -0.05) is 48.5 Å². The van der Waals surface area contributed by atoms with Crippen molar-refractivity contribution in [3.8, 4) is 17.0 Å². The van der Waals surface area contributed by atoms with Gasteiger partial charge in [-0.3, -0.25) is 5.32 Å². The van der Waals surface area contributed by atoms with E-state index in [0.29, 0.717) is 6.73 Å². The fourth-order valence-electron chi connectivity index (χ4n) is 2.58. The maximum absolute atomic E-state index is 5.75. The molecule has 3 nitrogen and oxygen atoms in total. The molecule has 0 fully saturated rings. The van der Waals surface area contributed by atoms with E-state index in [0.717, 1.165) is 34.5 Å². The van der Waals surface area contributed by atoms with Crippen LogP contribution in [0.5, 0.6) is 5.75 Å². The predicted octanol–water partition coefficient (Wildman–Crippen LogP) is 3.34. The van der Waals surface area contributed by atoms with Crippen LogP contribution in [0, 0.1) is 0 Å². The van der Waals surface area contributed by atoms with Gasteiger partial charge in [0.25, 0.3) is 0 Å². The van der Waals surface area contributed by atoms with Crippen molar-refractivity contribution in [3.63, 3.8) is 0 Å². The van der Waals surface area contributed by atoms with E-state index in [1.54, 1.807) is 0 Å². The Morgan fingerprint density at radius 3 is 2.70 bits per heavy atom. The van der Waals surface area contributed by atoms with Crippen molar-refractivity contribution in [2.75, 3.05) is 6.73 Å². The number of nitrogens with one attached hydrogen (secondary N) is 1. The summed E-state index contributed by atoms with van der Waals surface area (Å²) in [7, 11) is 0. The number of hydrogen-bond acceptors (Lipinski definition) is 3. The molecular formula is C17H14N2O. The third-order valence-electron chi connectivity index (χ3n) is 3.60. The van der Waals surface area contributed by atoms with Crippen LogP contribution in [-0.2, 0) is 6.54 Å². The minimum Gasteiger partial charge on any atom is -0.476 e. The first kappa shape index (κ1) is 11.4. The number of fused-ring (bicyclic) bond motifs is 3. The summed E-state index contributed by atoms with van der Waals surface area (Å²) in [5.41, 5.74) is 4.22. The van der Waals surface area contributed by atoms with Crippen LogP contribution in [0.1, 0.15) is 5.56 Å². The molecule has 98 valence electrons. The van der Waals surface area contributed by atoms with E-state index in [1.165, 1.54) is 5.56 Å². The molecule has 0 bridgehead atoms. The van der Waals surface area contributed by atoms with Gasteiger partial charge < -0.3 is 4.74 Å². The number of nitrogens with zero attached hydrogens (tertiary/aromatic N) is 1. The smallest absolute Gasteiger partial charge is 0.152 e. The van der Waals surface area contributed by atoms with E-state index in [-0.39, 0.29) is 0 Å². The van der Waals surface area contributed by atoms with Crippen LogP contribution in [0.3, 0.4) is 0 Å². The number of rotatable bonds is 1. The molecule has 20 heavy (non-hydrogen) atoms. The molecule has 1 aromatic heterocycles. The Bertz CT molecular complexity index is 769. The van der Waals surface area contributed by atoms with Crippen LogP contribution >= 0.6 is 0 Å². The summed E-state index contributed by atoms with van der Waals surface area (Å²) in [4.78, 5) is 4.81. The molecule has 2 aromatic carbocycles.